The van der Waals surface area contributed by atoms with Crippen LogP contribution in [0.1, 0.15) is 21.5 Å². The number of amides is 2. The molecule has 2 amide bonds. The molecule has 1 atom stereocenters. The van der Waals surface area contributed by atoms with E-state index in [1.54, 1.807) is 56.8 Å². The van der Waals surface area contributed by atoms with Gasteiger partial charge in [-0.25, -0.2) is 5.48 Å². The molecule has 0 aliphatic heterocycles. The minimum Gasteiger partial charge on any atom is -0.457 e. The molecule has 0 bridgehead atoms. The fourth-order valence-corrected chi connectivity index (χ4v) is 2.52. The third kappa shape index (κ3) is 4.81. The van der Waals surface area contributed by atoms with E-state index in [1.165, 1.54) is 4.90 Å². The Morgan fingerprint density at radius 2 is 1.77 bits per heavy atom. The van der Waals surface area contributed by atoms with E-state index in [0.29, 0.717) is 29.0 Å². The molecule has 0 saturated carbocycles. The van der Waals surface area contributed by atoms with E-state index in [9.17, 15) is 9.59 Å². The number of carbonyl (C=O) groups is 2. The Balaban J connectivity index is 2.04. The molecule has 138 valence electrons. The fourth-order valence-electron chi connectivity index (χ4n) is 2.52. The third-order valence-corrected chi connectivity index (χ3v) is 3.92. The van der Waals surface area contributed by atoms with E-state index in [4.69, 9.17) is 15.7 Å². The maximum absolute atomic E-state index is 11.8. The molecule has 0 radical (unpaired) electrons. The van der Waals surface area contributed by atoms with Crippen LogP contribution < -0.4 is 16.0 Å². The second kappa shape index (κ2) is 8.46. The van der Waals surface area contributed by atoms with E-state index < -0.39 is 11.9 Å². The Morgan fingerprint density at radius 1 is 1.15 bits per heavy atom. The molecule has 7 heteroatoms. The van der Waals surface area contributed by atoms with Crippen LogP contribution in [0.15, 0.2) is 42.5 Å². The molecule has 26 heavy (non-hydrogen) atoms. The van der Waals surface area contributed by atoms with Crippen molar-refractivity contribution in [3.8, 4) is 11.5 Å². The molecule has 2 aromatic carbocycles. The number of aryl methyl sites for hydroxylation is 1. The van der Waals surface area contributed by atoms with E-state index in [1.807, 2.05) is 12.1 Å². The zero-order chi connectivity index (χ0) is 19.3. The Bertz CT molecular complexity index is 788. The van der Waals surface area contributed by atoms with E-state index in [2.05, 4.69) is 0 Å². The van der Waals surface area contributed by atoms with Crippen molar-refractivity contribution in [2.24, 2.45) is 5.73 Å². The van der Waals surface area contributed by atoms with Gasteiger partial charge in [0.2, 0.25) is 5.91 Å². The third-order valence-electron chi connectivity index (χ3n) is 3.92. The van der Waals surface area contributed by atoms with Crippen molar-refractivity contribution in [1.82, 2.24) is 10.4 Å². The molecule has 0 aliphatic carbocycles. The van der Waals surface area contributed by atoms with Crippen molar-refractivity contribution < 1.29 is 19.5 Å². The summed E-state index contributed by atoms with van der Waals surface area (Å²) in [6.07, 6.45) is 0.446. The molecule has 1 unspecified atom stereocenters. The highest BCUT2D eigenvalue weighted by molar-refractivity contribution is 5.94. The number of nitrogens with zero attached hydrogens (tertiary/aromatic N) is 1. The average Bonchev–Trinajstić information content (AvgIpc) is 2.62. The number of hydrogen-bond donors (Lipinski definition) is 3. The predicted octanol–water partition coefficient (Wildman–Crippen LogP) is 1.86. The fraction of sp³-hybridized carbons (Fsp3) is 0.263. The van der Waals surface area contributed by atoms with Crippen LogP contribution >= 0.6 is 0 Å². The van der Waals surface area contributed by atoms with Crippen molar-refractivity contribution in [3.63, 3.8) is 0 Å². The number of hydroxylamine groups is 1. The summed E-state index contributed by atoms with van der Waals surface area (Å²) in [6.45, 7) is 1.75. The van der Waals surface area contributed by atoms with Gasteiger partial charge >= 0.3 is 0 Å². The van der Waals surface area contributed by atoms with Gasteiger partial charge in [-0.1, -0.05) is 12.1 Å². The standard InChI is InChI=1S/C19H23N3O4/c1-12-10-15(8-9-16(12)18(23)21-25)26-14-6-4-13(5-7-14)11-17(20)19(24)22(2)3/h4-10,17,25H,11,20H2,1-3H3,(H,21,23). The van der Waals surface area contributed by atoms with Crippen LogP contribution in [0.3, 0.4) is 0 Å². The predicted molar refractivity (Wildman–Crippen MR) is 97.3 cm³/mol. The maximum Gasteiger partial charge on any atom is 0.274 e. The van der Waals surface area contributed by atoms with Gasteiger partial charge in [0.25, 0.3) is 5.91 Å². The molecule has 0 heterocycles. The number of likely N-dealkylation sites (N-methyl/N-ethyl adjacent to an activating group) is 1. The van der Waals surface area contributed by atoms with Gasteiger partial charge < -0.3 is 15.4 Å². The molecule has 0 spiro atoms. The Labute approximate surface area is 152 Å². The zero-order valence-electron chi connectivity index (χ0n) is 15.0. The van der Waals surface area contributed by atoms with Gasteiger partial charge in [0.05, 0.1) is 6.04 Å². The van der Waals surface area contributed by atoms with Crippen LogP contribution in [-0.4, -0.2) is 42.1 Å². The summed E-state index contributed by atoms with van der Waals surface area (Å²) >= 11 is 0. The molecule has 4 N–H and O–H groups in total. The highest BCUT2D eigenvalue weighted by atomic mass is 16.5. The lowest BCUT2D eigenvalue weighted by Crippen LogP contribution is -2.41. The maximum atomic E-state index is 11.8. The Hall–Kier alpha value is -2.90. The molecule has 0 aromatic heterocycles. The van der Waals surface area contributed by atoms with E-state index >= 15 is 0 Å². The highest BCUT2D eigenvalue weighted by Crippen LogP contribution is 2.24. The molecule has 7 nitrogen and oxygen atoms in total. The number of carbonyl (C=O) groups excluding carboxylic acids is 2. The normalized spacial score (nSPS) is 11.6. The molecule has 0 saturated heterocycles. The van der Waals surface area contributed by atoms with E-state index in [0.717, 1.165) is 5.56 Å². The summed E-state index contributed by atoms with van der Waals surface area (Å²) in [5.74, 6) is 0.513. The largest absolute Gasteiger partial charge is 0.457 e. The number of rotatable bonds is 6. The molecular weight excluding hydrogens is 334 g/mol. The van der Waals surface area contributed by atoms with Gasteiger partial charge in [-0.2, -0.15) is 0 Å². The molecular formula is C19H23N3O4. The summed E-state index contributed by atoms with van der Waals surface area (Å²) in [5, 5.41) is 8.71. The van der Waals surface area contributed by atoms with Crippen LogP contribution in [0.5, 0.6) is 11.5 Å². The minimum absolute atomic E-state index is 0.118. The van der Waals surface area contributed by atoms with Crippen molar-refractivity contribution in [2.45, 2.75) is 19.4 Å². The van der Waals surface area contributed by atoms with Crippen molar-refractivity contribution in [1.29, 1.82) is 0 Å². The Kier molecular flexibility index (Phi) is 6.32. The lowest BCUT2D eigenvalue weighted by molar-refractivity contribution is -0.130. The van der Waals surface area contributed by atoms with Gasteiger partial charge in [0.15, 0.2) is 0 Å². The average molecular weight is 357 g/mol. The molecule has 0 fully saturated rings. The van der Waals surface area contributed by atoms with E-state index in [-0.39, 0.29) is 5.91 Å². The first-order chi connectivity index (χ1) is 12.3. The topological polar surface area (TPSA) is 105 Å². The Morgan fingerprint density at radius 3 is 2.31 bits per heavy atom. The first-order valence-corrected chi connectivity index (χ1v) is 8.10. The first kappa shape index (κ1) is 19.4. The summed E-state index contributed by atoms with van der Waals surface area (Å²) in [4.78, 5) is 24.8. The quantitative estimate of drug-likeness (QED) is 0.541. The number of nitrogens with one attached hydrogen (secondary N) is 1. The van der Waals surface area contributed by atoms with Crippen LogP contribution in [0.2, 0.25) is 0 Å². The minimum atomic E-state index is -0.579. The van der Waals surface area contributed by atoms with Gasteiger partial charge in [-0.3, -0.25) is 14.8 Å². The van der Waals surface area contributed by atoms with Gasteiger partial charge in [0, 0.05) is 19.7 Å². The van der Waals surface area contributed by atoms with Crippen LogP contribution in [0, 0.1) is 6.92 Å². The summed E-state index contributed by atoms with van der Waals surface area (Å²) in [7, 11) is 3.35. The molecule has 2 rings (SSSR count). The lowest BCUT2D eigenvalue weighted by atomic mass is 10.1. The van der Waals surface area contributed by atoms with Crippen LogP contribution in [0.25, 0.3) is 0 Å². The van der Waals surface area contributed by atoms with Crippen molar-refractivity contribution in [3.05, 3.63) is 59.2 Å². The number of benzene rings is 2. The number of hydrogen-bond acceptors (Lipinski definition) is 5. The van der Waals surface area contributed by atoms with Crippen LogP contribution in [0.4, 0.5) is 0 Å². The summed E-state index contributed by atoms with van der Waals surface area (Å²) in [6, 6.07) is 11.7. The summed E-state index contributed by atoms with van der Waals surface area (Å²) in [5.41, 5.74) is 9.50. The zero-order valence-corrected chi connectivity index (χ0v) is 15.0. The SMILES string of the molecule is Cc1cc(Oc2ccc(CC(N)C(=O)N(C)C)cc2)ccc1C(=O)NO. The molecule has 2 aromatic rings. The second-order valence-corrected chi connectivity index (χ2v) is 6.21. The van der Waals surface area contributed by atoms with Crippen molar-refractivity contribution in [2.75, 3.05) is 14.1 Å². The lowest BCUT2D eigenvalue weighted by Gasteiger charge is -2.16. The smallest absolute Gasteiger partial charge is 0.274 e. The van der Waals surface area contributed by atoms with Gasteiger partial charge in [-0.05, 0) is 54.8 Å². The highest BCUT2D eigenvalue weighted by Gasteiger charge is 2.15. The van der Waals surface area contributed by atoms with Crippen LogP contribution in [-0.2, 0) is 11.2 Å². The first-order valence-electron chi connectivity index (χ1n) is 8.10. The number of nitrogens with two attached hydrogens (primary N) is 1. The number of ether oxygens (including phenoxy) is 1. The second-order valence-electron chi connectivity index (χ2n) is 6.21. The monoisotopic (exact) mass is 357 g/mol. The molecule has 0 aliphatic rings. The van der Waals surface area contributed by atoms with Gasteiger partial charge in [0.1, 0.15) is 11.5 Å². The van der Waals surface area contributed by atoms with Crippen molar-refractivity contribution >= 4 is 11.8 Å². The summed E-state index contributed by atoms with van der Waals surface area (Å²) < 4.78 is 5.77. The van der Waals surface area contributed by atoms with Gasteiger partial charge in [-0.15, -0.1) is 0 Å².